The summed E-state index contributed by atoms with van der Waals surface area (Å²) in [5, 5.41) is 0. The number of rotatable bonds is 2. The van der Waals surface area contributed by atoms with Gasteiger partial charge < -0.3 is 5.73 Å². The van der Waals surface area contributed by atoms with Crippen molar-refractivity contribution in [1.82, 2.24) is 0 Å². The molecule has 0 fully saturated rings. The van der Waals surface area contributed by atoms with Gasteiger partial charge in [0.25, 0.3) is 0 Å². The van der Waals surface area contributed by atoms with Crippen molar-refractivity contribution in [3.63, 3.8) is 0 Å². The maximum absolute atomic E-state index is 12.6. The third-order valence-electron chi connectivity index (χ3n) is 2.04. The Hall–Kier alpha value is -1.85. The van der Waals surface area contributed by atoms with E-state index >= 15 is 0 Å². The second-order valence-corrected chi connectivity index (χ2v) is 3.24. The summed E-state index contributed by atoms with van der Waals surface area (Å²) in [5.74, 6) is -1.21. The van der Waals surface area contributed by atoms with Crippen LogP contribution in [0.5, 0.6) is 0 Å². The number of benzene rings is 1. The Morgan fingerprint density at radius 1 is 1.38 bits per heavy atom. The van der Waals surface area contributed by atoms with Crippen molar-refractivity contribution in [1.29, 1.82) is 0 Å². The molecule has 0 aliphatic carbocycles. The number of carbonyl (C=O) groups is 2. The summed E-state index contributed by atoms with van der Waals surface area (Å²) < 4.78 is 37.8. The average molecular weight is 231 g/mol. The second-order valence-electron chi connectivity index (χ2n) is 3.24. The van der Waals surface area contributed by atoms with Crippen molar-refractivity contribution < 1.29 is 22.8 Å². The molecule has 6 heteroatoms. The molecule has 0 atom stereocenters. The van der Waals surface area contributed by atoms with E-state index in [1.54, 1.807) is 0 Å². The van der Waals surface area contributed by atoms with Crippen LogP contribution in [-0.4, -0.2) is 12.2 Å². The van der Waals surface area contributed by atoms with Gasteiger partial charge in [0.15, 0.2) is 0 Å². The van der Waals surface area contributed by atoms with Crippen LogP contribution in [0, 0.1) is 6.92 Å². The summed E-state index contributed by atoms with van der Waals surface area (Å²) in [7, 11) is 0. The summed E-state index contributed by atoms with van der Waals surface area (Å²) in [6.07, 6.45) is -4.31. The summed E-state index contributed by atoms with van der Waals surface area (Å²) in [4.78, 5) is 21.4. The fourth-order valence-electron chi connectivity index (χ4n) is 1.45. The first kappa shape index (κ1) is 12.2. The first-order valence-electron chi connectivity index (χ1n) is 4.24. The molecule has 0 saturated carbocycles. The monoisotopic (exact) mass is 231 g/mol. The van der Waals surface area contributed by atoms with Gasteiger partial charge in [-0.3, -0.25) is 9.59 Å². The lowest BCUT2D eigenvalue weighted by Crippen LogP contribution is -2.20. The molecule has 0 aliphatic rings. The Bertz CT molecular complexity index is 452. The largest absolute Gasteiger partial charge is 0.417 e. The molecular weight excluding hydrogens is 223 g/mol. The molecule has 1 amide bonds. The van der Waals surface area contributed by atoms with Gasteiger partial charge in [0, 0.05) is 5.56 Å². The van der Waals surface area contributed by atoms with Crippen molar-refractivity contribution in [2.45, 2.75) is 13.1 Å². The van der Waals surface area contributed by atoms with Crippen LogP contribution in [0.3, 0.4) is 0 Å². The normalized spacial score (nSPS) is 11.2. The number of halogens is 3. The zero-order valence-electron chi connectivity index (χ0n) is 8.26. The SMILES string of the molecule is Cc1cc(C=O)cc(C(N)=O)c1C(F)(F)F. The van der Waals surface area contributed by atoms with Gasteiger partial charge in [0.2, 0.25) is 5.91 Å². The molecule has 2 N–H and O–H groups in total. The number of aryl methyl sites for hydroxylation is 1. The van der Waals surface area contributed by atoms with E-state index in [0.29, 0.717) is 6.29 Å². The van der Waals surface area contributed by atoms with E-state index in [1.165, 1.54) is 6.92 Å². The first-order chi connectivity index (χ1) is 7.27. The van der Waals surface area contributed by atoms with Crippen molar-refractivity contribution in [3.05, 3.63) is 34.4 Å². The smallest absolute Gasteiger partial charge is 0.366 e. The number of hydrogen-bond donors (Lipinski definition) is 1. The topological polar surface area (TPSA) is 60.2 Å². The molecule has 0 spiro atoms. The van der Waals surface area contributed by atoms with Crippen LogP contribution in [0.25, 0.3) is 0 Å². The molecule has 0 heterocycles. The highest BCUT2D eigenvalue weighted by Crippen LogP contribution is 2.34. The third kappa shape index (κ3) is 2.21. The second kappa shape index (κ2) is 3.96. The number of aldehydes is 1. The van der Waals surface area contributed by atoms with Gasteiger partial charge in [0.05, 0.1) is 11.1 Å². The standard InChI is InChI=1S/C10H8F3NO2/c1-5-2-6(4-15)3-7(9(14)16)8(5)10(11,12)13/h2-4H,1H3,(H2,14,16). The molecule has 1 aromatic rings. The molecule has 16 heavy (non-hydrogen) atoms. The summed E-state index contributed by atoms with van der Waals surface area (Å²) in [6, 6.07) is 1.90. The number of carbonyl (C=O) groups excluding carboxylic acids is 2. The Morgan fingerprint density at radius 3 is 2.31 bits per heavy atom. The fourth-order valence-corrected chi connectivity index (χ4v) is 1.45. The maximum atomic E-state index is 12.6. The third-order valence-corrected chi connectivity index (χ3v) is 2.04. The molecule has 0 radical (unpaired) electrons. The van der Waals surface area contributed by atoms with Crippen molar-refractivity contribution >= 4 is 12.2 Å². The predicted molar refractivity (Wildman–Crippen MR) is 50.1 cm³/mol. The molecule has 0 bridgehead atoms. The van der Waals surface area contributed by atoms with Gasteiger partial charge >= 0.3 is 6.18 Å². The lowest BCUT2D eigenvalue weighted by atomic mass is 9.98. The lowest BCUT2D eigenvalue weighted by molar-refractivity contribution is -0.138. The first-order valence-corrected chi connectivity index (χ1v) is 4.24. The minimum absolute atomic E-state index is 0.0145. The molecule has 0 aliphatic heterocycles. The van der Waals surface area contributed by atoms with E-state index in [1.807, 2.05) is 0 Å². The minimum atomic E-state index is -4.67. The van der Waals surface area contributed by atoms with Crippen molar-refractivity contribution in [2.75, 3.05) is 0 Å². The van der Waals surface area contributed by atoms with Gasteiger partial charge in [-0.25, -0.2) is 0 Å². The Morgan fingerprint density at radius 2 is 1.94 bits per heavy atom. The van der Waals surface area contributed by atoms with Gasteiger partial charge in [-0.2, -0.15) is 13.2 Å². The van der Waals surface area contributed by atoms with Crippen LogP contribution in [0.2, 0.25) is 0 Å². The predicted octanol–water partition coefficient (Wildman–Crippen LogP) is 1.93. The molecule has 0 unspecified atom stereocenters. The van der Waals surface area contributed by atoms with Crippen molar-refractivity contribution in [3.8, 4) is 0 Å². The number of amides is 1. The highest BCUT2D eigenvalue weighted by Gasteiger charge is 2.36. The molecule has 3 nitrogen and oxygen atoms in total. The Balaban J connectivity index is 3.59. The van der Waals surface area contributed by atoms with E-state index in [9.17, 15) is 22.8 Å². The van der Waals surface area contributed by atoms with Gasteiger partial charge in [0.1, 0.15) is 6.29 Å². The summed E-state index contributed by atoms with van der Waals surface area (Å²) >= 11 is 0. The molecular formula is C10H8F3NO2. The van der Waals surface area contributed by atoms with Crippen LogP contribution in [0.15, 0.2) is 12.1 Å². The van der Waals surface area contributed by atoms with Gasteiger partial charge in [-0.1, -0.05) is 0 Å². The summed E-state index contributed by atoms with van der Waals surface area (Å²) in [6.45, 7) is 1.17. The fraction of sp³-hybridized carbons (Fsp3) is 0.200. The molecule has 86 valence electrons. The van der Waals surface area contributed by atoms with Crippen LogP contribution >= 0.6 is 0 Å². The number of alkyl halides is 3. The number of nitrogens with two attached hydrogens (primary N) is 1. The highest BCUT2D eigenvalue weighted by molar-refractivity contribution is 5.96. The highest BCUT2D eigenvalue weighted by atomic mass is 19.4. The Kier molecular flexibility index (Phi) is 3.02. The van der Waals surface area contributed by atoms with E-state index in [2.05, 4.69) is 0 Å². The Labute approximate surface area is 89.1 Å². The molecule has 0 aromatic heterocycles. The van der Waals surface area contributed by atoms with Crippen molar-refractivity contribution in [2.24, 2.45) is 5.73 Å². The molecule has 1 rings (SSSR count). The lowest BCUT2D eigenvalue weighted by Gasteiger charge is -2.14. The van der Waals surface area contributed by atoms with E-state index < -0.39 is 23.2 Å². The molecule has 1 aromatic carbocycles. The van der Waals surface area contributed by atoms with E-state index in [0.717, 1.165) is 12.1 Å². The van der Waals surface area contributed by atoms with Crippen LogP contribution in [0.4, 0.5) is 13.2 Å². The van der Waals surface area contributed by atoms with Crippen LogP contribution in [0.1, 0.15) is 31.8 Å². The maximum Gasteiger partial charge on any atom is 0.417 e. The minimum Gasteiger partial charge on any atom is -0.366 e. The quantitative estimate of drug-likeness (QED) is 0.790. The van der Waals surface area contributed by atoms with Crippen LogP contribution in [-0.2, 0) is 6.18 Å². The zero-order chi connectivity index (χ0) is 12.5. The van der Waals surface area contributed by atoms with Gasteiger partial charge in [-0.15, -0.1) is 0 Å². The number of hydrogen-bond acceptors (Lipinski definition) is 2. The van der Waals surface area contributed by atoms with E-state index in [4.69, 9.17) is 5.73 Å². The molecule has 0 saturated heterocycles. The summed E-state index contributed by atoms with van der Waals surface area (Å²) in [5.41, 5.74) is 2.85. The number of primary amides is 1. The van der Waals surface area contributed by atoms with E-state index in [-0.39, 0.29) is 11.1 Å². The average Bonchev–Trinajstić information content (AvgIpc) is 2.14. The van der Waals surface area contributed by atoms with Crippen LogP contribution < -0.4 is 5.73 Å². The van der Waals surface area contributed by atoms with Gasteiger partial charge in [-0.05, 0) is 24.6 Å². The zero-order valence-corrected chi connectivity index (χ0v) is 8.26.